The zero-order valence-electron chi connectivity index (χ0n) is 11.8. The molecule has 1 amide bonds. The van der Waals surface area contributed by atoms with Crippen LogP contribution in [0.15, 0.2) is 30.3 Å². The van der Waals surface area contributed by atoms with Gasteiger partial charge in [0.15, 0.2) is 9.84 Å². The summed E-state index contributed by atoms with van der Waals surface area (Å²) in [6.45, 7) is 2.00. The van der Waals surface area contributed by atoms with Crippen LogP contribution in [0.5, 0.6) is 0 Å². The Morgan fingerprint density at radius 1 is 1.35 bits per heavy atom. The molecule has 1 aromatic carbocycles. The van der Waals surface area contributed by atoms with E-state index in [0.29, 0.717) is 6.42 Å². The van der Waals surface area contributed by atoms with E-state index in [1.54, 1.807) is 6.92 Å². The zero-order valence-corrected chi connectivity index (χ0v) is 12.6. The predicted octanol–water partition coefficient (Wildman–Crippen LogP) is 0.816. The maximum absolute atomic E-state index is 12.1. The van der Waals surface area contributed by atoms with Crippen molar-refractivity contribution < 1.29 is 13.2 Å². The van der Waals surface area contributed by atoms with Crippen molar-refractivity contribution in [1.82, 2.24) is 5.32 Å². The third-order valence-electron chi connectivity index (χ3n) is 3.52. The molecule has 1 aromatic rings. The van der Waals surface area contributed by atoms with E-state index in [9.17, 15) is 13.2 Å². The smallest absolute Gasteiger partial charge is 0.239 e. The van der Waals surface area contributed by atoms with Crippen LogP contribution in [0.3, 0.4) is 0 Å². The largest absolute Gasteiger partial charge is 0.365 e. The van der Waals surface area contributed by atoms with Gasteiger partial charge in [0, 0.05) is 12.7 Å². The maximum Gasteiger partial charge on any atom is 0.239 e. The van der Waals surface area contributed by atoms with Crippen molar-refractivity contribution in [2.75, 3.05) is 30.0 Å². The highest BCUT2D eigenvalue weighted by Gasteiger charge is 2.39. The van der Waals surface area contributed by atoms with E-state index in [-0.39, 0.29) is 24.0 Å². The Balaban J connectivity index is 1.93. The molecule has 1 saturated heterocycles. The highest BCUT2D eigenvalue weighted by atomic mass is 32.2. The van der Waals surface area contributed by atoms with Crippen molar-refractivity contribution >= 4 is 21.4 Å². The summed E-state index contributed by atoms with van der Waals surface area (Å²) in [5.74, 6) is 0.0231. The Labute approximate surface area is 119 Å². The standard InChI is InChI=1S/C14H20N2O3S/c1-14(8-9-20(18,19)11-14)15-13(17)10-16(2)12-6-4-3-5-7-12/h3-7H,8-11H2,1-2H3,(H,15,17)/t14-/m0/s1. The Morgan fingerprint density at radius 3 is 2.55 bits per heavy atom. The van der Waals surface area contributed by atoms with Crippen molar-refractivity contribution in [2.45, 2.75) is 18.9 Å². The molecule has 0 unspecified atom stereocenters. The molecule has 0 saturated carbocycles. The summed E-state index contributed by atoms with van der Waals surface area (Å²) in [5, 5.41) is 2.85. The van der Waals surface area contributed by atoms with Gasteiger partial charge in [-0.05, 0) is 25.5 Å². The maximum atomic E-state index is 12.1. The Kier molecular flexibility index (Phi) is 4.04. The van der Waals surface area contributed by atoms with Crippen LogP contribution in [0, 0.1) is 0 Å². The fourth-order valence-corrected chi connectivity index (χ4v) is 4.57. The van der Waals surface area contributed by atoms with Gasteiger partial charge in [-0.2, -0.15) is 0 Å². The zero-order chi connectivity index (χ0) is 14.8. The molecule has 1 aliphatic rings. The number of hydrogen-bond donors (Lipinski definition) is 1. The minimum absolute atomic E-state index is 0.0286. The van der Waals surface area contributed by atoms with Crippen molar-refractivity contribution in [3.63, 3.8) is 0 Å². The first-order chi connectivity index (χ1) is 9.30. The molecule has 0 spiro atoms. The van der Waals surface area contributed by atoms with Gasteiger partial charge in [-0.3, -0.25) is 4.79 Å². The van der Waals surface area contributed by atoms with Gasteiger partial charge in [-0.1, -0.05) is 18.2 Å². The SMILES string of the molecule is CN(CC(=O)N[C@@]1(C)CCS(=O)(=O)C1)c1ccccc1. The number of likely N-dealkylation sites (N-methyl/N-ethyl adjacent to an activating group) is 1. The molecule has 0 radical (unpaired) electrons. The molecule has 0 bridgehead atoms. The van der Waals surface area contributed by atoms with Gasteiger partial charge in [0.25, 0.3) is 0 Å². The van der Waals surface area contributed by atoms with Crippen LogP contribution >= 0.6 is 0 Å². The summed E-state index contributed by atoms with van der Waals surface area (Å²) in [7, 11) is -1.17. The molecular formula is C14H20N2O3S. The number of anilines is 1. The van der Waals surface area contributed by atoms with Crippen LogP contribution in [0.25, 0.3) is 0 Å². The molecule has 1 N–H and O–H groups in total. The molecule has 20 heavy (non-hydrogen) atoms. The summed E-state index contributed by atoms with van der Waals surface area (Å²) >= 11 is 0. The first-order valence-corrected chi connectivity index (χ1v) is 8.39. The highest BCUT2D eigenvalue weighted by Crippen LogP contribution is 2.22. The van der Waals surface area contributed by atoms with Gasteiger partial charge in [0.2, 0.25) is 5.91 Å². The first-order valence-electron chi connectivity index (χ1n) is 6.57. The summed E-state index contributed by atoms with van der Waals surface area (Å²) < 4.78 is 23.0. The number of amides is 1. The van der Waals surface area contributed by atoms with Gasteiger partial charge in [-0.25, -0.2) is 8.42 Å². The topological polar surface area (TPSA) is 66.5 Å². The van der Waals surface area contributed by atoms with Crippen molar-refractivity contribution in [2.24, 2.45) is 0 Å². The molecule has 0 aromatic heterocycles. The average molecular weight is 296 g/mol. The molecule has 2 rings (SSSR count). The second-order valence-corrected chi connectivity index (χ2v) is 7.83. The number of nitrogens with one attached hydrogen (secondary N) is 1. The fraction of sp³-hybridized carbons (Fsp3) is 0.500. The number of benzene rings is 1. The minimum Gasteiger partial charge on any atom is -0.365 e. The summed E-state index contributed by atoms with van der Waals surface area (Å²) in [4.78, 5) is 13.9. The van der Waals surface area contributed by atoms with Crippen LogP contribution in [-0.4, -0.2) is 45.0 Å². The Morgan fingerprint density at radius 2 is 2.00 bits per heavy atom. The fourth-order valence-electron chi connectivity index (χ4n) is 2.47. The van der Waals surface area contributed by atoms with Gasteiger partial charge in [-0.15, -0.1) is 0 Å². The number of carbonyl (C=O) groups excluding carboxylic acids is 1. The van der Waals surface area contributed by atoms with E-state index in [1.807, 2.05) is 42.3 Å². The van der Waals surface area contributed by atoms with Crippen LogP contribution in [-0.2, 0) is 14.6 Å². The van der Waals surface area contributed by atoms with Crippen molar-refractivity contribution in [3.8, 4) is 0 Å². The van der Waals surface area contributed by atoms with Gasteiger partial charge < -0.3 is 10.2 Å². The lowest BCUT2D eigenvalue weighted by molar-refractivity contribution is -0.121. The molecule has 1 aliphatic heterocycles. The van der Waals surface area contributed by atoms with Crippen LogP contribution in [0.2, 0.25) is 0 Å². The minimum atomic E-state index is -3.01. The van der Waals surface area contributed by atoms with Crippen LogP contribution < -0.4 is 10.2 Å². The van der Waals surface area contributed by atoms with Gasteiger partial charge in [0.05, 0.1) is 23.6 Å². The summed E-state index contributed by atoms with van der Waals surface area (Å²) in [5.41, 5.74) is 0.319. The number of hydrogen-bond acceptors (Lipinski definition) is 4. The molecule has 1 atom stereocenters. The number of carbonyl (C=O) groups is 1. The predicted molar refractivity (Wildman–Crippen MR) is 79.5 cm³/mol. The molecule has 5 nitrogen and oxygen atoms in total. The average Bonchev–Trinajstić information content (AvgIpc) is 2.64. The third-order valence-corrected chi connectivity index (χ3v) is 5.43. The lowest BCUT2D eigenvalue weighted by atomic mass is 10.0. The van der Waals surface area contributed by atoms with E-state index in [0.717, 1.165) is 5.69 Å². The van der Waals surface area contributed by atoms with Gasteiger partial charge >= 0.3 is 0 Å². The van der Waals surface area contributed by atoms with E-state index < -0.39 is 15.4 Å². The molecular weight excluding hydrogens is 276 g/mol. The van der Waals surface area contributed by atoms with Crippen molar-refractivity contribution in [3.05, 3.63) is 30.3 Å². The lowest BCUT2D eigenvalue weighted by Gasteiger charge is -2.26. The Bertz CT molecular complexity index is 586. The van der Waals surface area contributed by atoms with E-state index in [2.05, 4.69) is 5.32 Å². The van der Waals surface area contributed by atoms with Crippen LogP contribution in [0.4, 0.5) is 5.69 Å². The van der Waals surface area contributed by atoms with E-state index in [1.165, 1.54) is 0 Å². The number of para-hydroxylation sites is 1. The second-order valence-electron chi connectivity index (χ2n) is 5.64. The van der Waals surface area contributed by atoms with Crippen molar-refractivity contribution in [1.29, 1.82) is 0 Å². The molecule has 1 fully saturated rings. The molecule has 110 valence electrons. The number of sulfone groups is 1. The van der Waals surface area contributed by atoms with Gasteiger partial charge in [0.1, 0.15) is 0 Å². The molecule has 0 aliphatic carbocycles. The first kappa shape index (κ1) is 14.8. The highest BCUT2D eigenvalue weighted by molar-refractivity contribution is 7.91. The molecule has 6 heteroatoms. The summed E-state index contributed by atoms with van der Waals surface area (Å²) in [6.07, 6.45) is 0.482. The van der Waals surface area contributed by atoms with Crippen LogP contribution in [0.1, 0.15) is 13.3 Å². The number of rotatable bonds is 4. The quantitative estimate of drug-likeness (QED) is 0.893. The monoisotopic (exact) mass is 296 g/mol. The normalized spacial score (nSPS) is 24.3. The van der Waals surface area contributed by atoms with E-state index in [4.69, 9.17) is 0 Å². The number of nitrogens with zero attached hydrogens (tertiary/aromatic N) is 1. The third kappa shape index (κ3) is 3.72. The lowest BCUT2D eigenvalue weighted by Crippen LogP contribution is -2.50. The second kappa shape index (κ2) is 5.44. The summed E-state index contributed by atoms with van der Waals surface area (Å²) in [6, 6.07) is 9.59. The van der Waals surface area contributed by atoms with E-state index >= 15 is 0 Å². The Hall–Kier alpha value is -1.56. The molecule has 1 heterocycles.